The van der Waals surface area contributed by atoms with Crippen LogP contribution in [0.15, 0.2) is 18.2 Å². The number of hydrogen-bond acceptors (Lipinski definition) is 7. The lowest BCUT2D eigenvalue weighted by molar-refractivity contribution is -0.134. The Bertz CT molecular complexity index is 968. The fraction of sp³-hybridized carbons (Fsp3) is 0.636. The van der Waals surface area contributed by atoms with Crippen molar-refractivity contribution in [1.29, 1.82) is 0 Å². The molecule has 3 atom stereocenters. The van der Waals surface area contributed by atoms with Gasteiger partial charge in [0.1, 0.15) is 18.5 Å². The lowest BCUT2D eigenvalue weighted by Gasteiger charge is -2.42. The summed E-state index contributed by atoms with van der Waals surface area (Å²) in [6.45, 7) is 1.77. The highest BCUT2D eigenvalue weighted by molar-refractivity contribution is 7.92. The van der Waals surface area contributed by atoms with Crippen LogP contribution >= 0.6 is 0 Å². The number of anilines is 1. The first kappa shape index (κ1) is 25.3. The van der Waals surface area contributed by atoms with Crippen LogP contribution in [0, 0.1) is 0 Å². The quantitative estimate of drug-likeness (QED) is 0.529. The zero-order valence-corrected chi connectivity index (χ0v) is 20.5. The van der Waals surface area contributed by atoms with Crippen LogP contribution in [0.25, 0.3) is 0 Å². The second kappa shape index (κ2) is 10.7. The van der Waals surface area contributed by atoms with Crippen molar-refractivity contribution < 1.29 is 27.5 Å². The van der Waals surface area contributed by atoms with Crippen molar-refractivity contribution in [2.75, 3.05) is 51.8 Å². The first-order valence-corrected chi connectivity index (χ1v) is 13.0. The van der Waals surface area contributed by atoms with Gasteiger partial charge in [-0.2, -0.15) is 0 Å². The summed E-state index contributed by atoms with van der Waals surface area (Å²) in [5, 5.41) is 2.94. The summed E-state index contributed by atoms with van der Waals surface area (Å²) < 4.78 is 37.6. The third kappa shape index (κ3) is 7.05. The van der Waals surface area contributed by atoms with Crippen LogP contribution in [0.4, 0.5) is 5.69 Å². The number of carbonyl (C=O) groups is 2. The number of fused-ring (bicyclic) bond motifs is 2. The maximum Gasteiger partial charge on any atom is 0.257 e. The molecule has 11 heteroatoms. The van der Waals surface area contributed by atoms with E-state index in [0.717, 1.165) is 19.2 Å². The van der Waals surface area contributed by atoms with E-state index in [1.54, 1.807) is 24.1 Å². The van der Waals surface area contributed by atoms with Crippen LogP contribution in [0.2, 0.25) is 0 Å². The average molecular weight is 483 g/mol. The number of nitrogens with zero attached hydrogens (tertiary/aromatic N) is 2. The molecule has 2 amide bonds. The fourth-order valence-corrected chi connectivity index (χ4v) is 4.76. The van der Waals surface area contributed by atoms with Gasteiger partial charge >= 0.3 is 0 Å². The zero-order chi connectivity index (χ0) is 24.2. The van der Waals surface area contributed by atoms with Crippen LogP contribution in [-0.4, -0.2) is 95.4 Å². The van der Waals surface area contributed by atoms with E-state index in [1.165, 1.54) is 6.07 Å². The van der Waals surface area contributed by atoms with Gasteiger partial charge in [0.15, 0.2) is 0 Å². The van der Waals surface area contributed by atoms with Gasteiger partial charge in [-0.3, -0.25) is 14.3 Å². The first-order valence-electron chi connectivity index (χ1n) is 11.1. The van der Waals surface area contributed by atoms with Crippen molar-refractivity contribution in [3.05, 3.63) is 23.8 Å². The van der Waals surface area contributed by atoms with E-state index in [2.05, 4.69) is 14.9 Å². The summed E-state index contributed by atoms with van der Waals surface area (Å²) in [7, 11) is 2.24. The van der Waals surface area contributed by atoms with Gasteiger partial charge in [0.25, 0.3) is 5.91 Å². The van der Waals surface area contributed by atoms with E-state index < -0.39 is 10.0 Å². The average Bonchev–Trinajstić information content (AvgIpc) is 2.73. The van der Waals surface area contributed by atoms with Crippen molar-refractivity contribution in [2.45, 2.75) is 43.9 Å². The third-order valence-corrected chi connectivity index (χ3v) is 6.44. The van der Waals surface area contributed by atoms with Crippen LogP contribution < -0.4 is 14.8 Å². The molecule has 0 aromatic heterocycles. The smallest absolute Gasteiger partial charge is 0.257 e. The summed E-state index contributed by atoms with van der Waals surface area (Å²) in [5.74, 6) is 0.0656. The maximum absolute atomic E-state index is 13.2. The normalized spacial score (nSPS) is 23.1. The van der Waals surface area contributed by atoms with Crippen LogP contribution in [0.1, 0.15) is 36.0 Å². The van der Waals surface area contributed by atoms with Gasteiger partial charge in [-0.1, -0.05) is 0 Å². The molecule has 0 saturated carbocycles. The van der Waals surface area contributed by atoms with E-state index in [-0.39, 0.29) is 43.1 Å². The number of ether oxygens (including phenoxy) is 2. The molecule has 1 saturated heterocycles. The van der Waals surface area contributed by atoms with E-state index in [4.69, 9.17) is 9.47 Å². The number of nitrogens with one attached hydrogen (secondary N) is 2. The molecule has 3 rings (SSSR count). The van der Waals surface area contributed by atoms with Crippen molar-refractivity contribution in [1.82, 2.24) is 15.1 Å². The minimum atomic E-state index is -3.47. The number of likely N-dealkylation sites (N-methyl/N-ethyl adjacent to an activating group) is 1. The van der Waals surface area contributed by atoms with E-state index >= 15 is 0 Å². The van der Waals surface area contributed by atoms with Crippen LogP contribution in [0.5, 0.6) is 5.75 Å². The second-order valence-corrected chi connectivity index (χ2v) is 10.7. The Labute approximate surface area is 195 Å². The largest absolute Gasteiger partial charge is 0.490 e. The van der Waals surface area contributed by atoms with E-state index in [0.29, 0.717) is 36.4 Å². The molecule has 2 N–H and O–H groups in total. The van der Waals surface area contributed by atoms with Gasteiger partial charge in [-0.25, -0.2) is 8.42 Å². The Morgan fingerprint density at radius 3 is 2.73 bits per heavy atom. The zero-order valence-electron chi connectivity index (χ0n) is 19.7. The predicted octanol–water partition coefficient (Wildman–Crippen LogP) is 0.897. The topological polar surface area (TPSA) is 117 Å². The molecule has 2 aliphatic heterocycles. The van der Waals surface area contributed by atoms with Crippen molar-refractivity contribution in [2.24, 2.45) is 0 Å². The van der Waals surface area contributed by atoms with Crippen molar-refractivity contribution >= 4 is 27.5 Å². The third-order valence-electron chi connectivity index (χ3n) is 5.83. The lowest BCUT2D eigenvalue weighted by atomic mass is 9.94. The molecule has 184 valence electrons. The maximum atomic E-state index is 13.2. The minimum Gasteiger partial charge on any atom is -0.490 e. The highest BCUT2D eigenvalue weighted by Gasteiger charge is 2.39. The molecule has 0 aliphatic carbocycles. The molecular formula is C22H34N4O6S. The van der Waals surface area contributed by atoms with Gasteiger partial charge < -0.3 is 24.6 Å². The molecule has 2 heterocycles. The molecular weight excluding hydrogens is 448 g/mol. The fourth-order valence-electron chi connectivity index (χ4n) is 4.21. The molecule has 0 radical (unpaired) electrons. The molecule has 1 fully saturated rings. The van der Waals surface area contributed by atoms with E-state index in [1.807, 2.05) is 14.1 Å². The molecule has 0 spiro atoms. The molecule has 1 aromatic rings. The molecule has 10 nitrogen and oxygen atoms in total. The van der Waals surface area contributed by atoms with E-state index in [9.17, 15) is 18.0 Å². The Hall–Kier alpha value is -2.37. The lowest BCUT2D eigenvalue weighted by Crippen LogP contribution is -2.54. The minimum absolute atomic E-state index is 0.0374. The van der Waals surface area contributed by atoms with Crippen LogP contribution in [0.3, 0.4) is 0 Å². The van der Waals surface area contributed by atoms with Gasteiger partial charge in [0.2, 0.25) is 15.9 Å². The van der Waals surface area contributed by atoms with Gasteiger partial charge in [-0.15, -0.1) is 0 Å². The summed E-state index contributed by atoms with van der Waals surface area (Å²) >= 11 is 0. The highest BCUT2D eigenvalue weighted by atomic mass is 32.2. The van der Waals surface area contributed by atoms with Crippen molar-refractivity contribution in [3.8, 4) is 5.75 Å². The van der Waals surface area contributed by atoms with Crippen LogP contribution in [-0.2, 0) is 19.6 Å². The SMILES string of the molecule is CN(C)CCCNC(=O)C[C@@H]1CC[C@@H]2[C@@H](COc3ccc(NS(C)(=O)=O)cc3C(=O)N2C)O1. The van der Waals surface area contributed by atoms with Gasteiger partial charge in [0, 0.05) is 19.3 Å². The molecule has 2 aliphatic rings. The number of hydrogen-bond donors (Lipinski definition) is 2. The molecule has 1 aromatic carbocycles. The number of benzene rings is 1. The van der Waals surface area contributed by atoms with Crippen molar-refractivity contribution in [3.63, 3.8) is 0 Å². The molecule has 0 unspecified atom stereocenters. The highest BCUT2D eigenvalue weighted by Crippen LogP contribution is 2.32. The predicted molar refractivity (Wildman–Crippen MR) is 125 cm³/mol. The first-order chi connectivity index (χ1) is 15.5. The summed E-state index contributed by atoms with van der Waals surface area (Å²) in [5.41, 5.74) is 0.596. The summed E-state index contributed by atoms with van der Waals surface area (Å²) in [4.78, 5) is 29.2. The second-order valence-electron chi connectivity index (χ2n) is 8.96. The number of rotatable bonds is 8. The number of amides is 2. The Morgan fingerprint density at radius 1 is 1.27 bits per heavy atom. The summed E-state index contributed by atoms with van der Waals surface area (Å²) in [6, 6.07) is 4.42. The number of sulfonamides is 1. The number of carbonyl (C=O) groups excluding carboxylic acids is 2. The Kier molecular flexibility index (Phi) is 8.19. The monoisotopic (exact) mass is 482 g/mol. The standard InChI is InChI=1S/C22H34N4O6S/c1-25(2)11-5-10-23-21(27)13-16-7-8-18-20(32-16)14-31-19-9-6-15(24-33(4,29)30)12-17(19)22(28)26(18)3/h6,9,12,16,18,20,24H,5,7-8,10-11,13-14H2,1-4H3,(H,23,27)/t16-,18+,20+/m0/s1. The Balaban J connectivity index is 1.63. The van der Waals surface area contributed by atoms with Gasteiger partial charge in [0.05, 0.1) is 30.4 Å². The Morgan fingerprint density at radius 2 is 2.03 bits per heavy atom. The molecule has 0 bridgehead atoms. The van der Waals surface area contributed by atoms with Gasteiger partial charge in [-0.05, 0) is 58.1 Å². The molecule has 33 heavy (non-hydrogen) atoms. The summed E-state index contributed by atoms with van der Waals surface area (Å²) in [6.07, 6.45) is 2.97.